The van der Waals surface area contributed by atoms with E-state index in [2.05, 4.69) is 0 Å². The second-order valence-corrected chi connectivity index (χ2v) is 6.38. The molecule has 0 heterocycles. The van der Waals surface area contributed by atoms with Crippen molar-refractivity contribution >= 4 is 40.9 Å². The van der Waals surface area contributed by atoms with E-state index >= 15 is 0 Å². The van der Waals surface area contributed by atoms with Crippen LogP contribution >= 0.6 is 23.4 Å². The molecule has 0 unspecified atom stereocenters. The molecule has 0 aromatic heterocycles. The predicted octanol–water partition coefficient (Wildman–Crippen LogP) is 3.32. The molecule has 10 heteroatoms. The van der Waals surface area contributed by atoms with E-state index in [1.54, 1.807) is 0 Å². The van der Waals surface area contributed by atoms with Crippen molar-refractivity contribution in [3.8, 4) is 0 Å². The molecule has 0 spiro atoms. The molecule has 0 saturated carbocycles. The Balaban J connectivity index is 2.01. The Kier molecular flexibility index (Phi) is 6.53. The first-order valence-corrected chi connectivity index (χ1v) is 8.45. The molecule has 2 N–H and O–H groups in total. The van der Waals surface area contributed by atoms with Gasteiger partial charge in [-0.15, -0.1) is 11.8 Å². The first kappa shape index (κ1) is 19.7. The summed E-state index contributed by atoms with van der Waals surface area (Å²) < 4.78 is 18.5. The summed E-state index contributed by atoms with van der Waals surface area (Å²) in [5.74, 6) is -2.35. The van der Waals surface area contributed by atoms with Crippen LogP contribution < -0.4 is 5.73 Å². The van der Waals surface area contributed by atoms with Crippen molar-refractivity contribution in [3.63, 3.8) is 0 Å². The minimum Gasteiger partial charge on any atom is -0.460 e. The number of primary amides is 1. The molecule has 136 valence electrons. The van der Waals surface area contributed by atoms with Gasteiger partial charge >= 0.3 is 5.97 Å². The Labute approximate surface area is 156 Å². The number of rotatable bonds is 7. The second-order valence-electron chi connectivity index (χ2n) is 4.95. The van der Waals surface area contributed by atoms with E-state index in [1.807, 2.05) is 0 Å². The molecule has 2 aromatic rings. The summed E-state index contributed by atoms with van der Waals surface area (Å²) in [5, 5.41) is 11.2. The molecule has 0 bridgehead atoms. The molecule has 0 aliphatic carbocycles. The molecule has 0 saturated heterocycles. The van der Waals surface area contributed by atoms with E-state index < -0.39 is 22.6 Å². The van der Waals surface area contributed by atoms with Gasteiger partial charge in [-0.05, 0) is 24.3 Å². The van der Waals surface area contributed by atoms with Crippen LogP contribution in [0.5, 0.6) is 0 Å². The standard InChI is InChI=1S/C16H12ClFN2O5S/c17-11-2-1-3-12(18)10(11)7-25-15(21)8-26-14-5-4-9(16(19)22)6-13(14)20(23)24/h1-6H,7-8H2,(H2,19,22). The summed E-state index contributed by atoms with van der Waals surface area (Å²) >= 11 is 6.69. The van der Waals surface area contributed by atoms with Gasteiger partial charge < -0.3 is 10.5 Å². The van der Waals surface area contributed by atoms with Crippen LogP contribution in [0.3, 0.4) is 0 Å². The molecule has 7 nitrogen and oxygen atoms in total. The van der Waals surface area contributed by atoms with Crippen molar-refractivity contribution < 1.29 is 23.6 Å². The lowest BCUT2D eigenvalue weighted by Crippen LogP contribution is -2.11. The zero-order valence-corrected chi connectivity index (χ0v) is 14.7. The van der Waals surface area contributed by atoms with E-state index in [-0.39, 0.29) is 39.1 Å². The third kappa shape index (κ3) is 4.93. The number of hydrogen-bond acceptors (Lipinski definition) is 6. The number of nitrogens with two attached hydrogens (primary N) is 1. The number of esters is 1. The molecule has 1 amide bonds. The average Bonchev–Trinajstić information content (AvgIpc) is 2.59. The normalized spacial score (nSPS) is 10.4. The van der Waals surface area contributed by atoms with Gasteiger partial charge in [0.1, 0.15) is 12.4 Å². The molecule has 0 aliphatic heterocycles. The highest BCUT2D eigenvalue weighted by atomic mass is 35.5. The molecule has 2 rings (SSSR count). The summed E-state index contributed by atoms with van der Waals surface area (Å²) in [6, 6.07) is 7.76. The number of amides is 1. The van der Waals surface area contributed by atoms with Crippen LogP contribution in [-0.4, -0.2) is 22.6 Å². The minimum atomic E-state index is -0.800. The van der Waals surface area contributed by atoms with Crippen LogP contribution in [0.15, 0.2) is 41.3 Å². The molecular formula is C16H12ClFN2O5S. The van der Waals surface area contributed by atoms with E-state index in [0.29, 0.717) is 0 Å². The topological polar surface area (TPSA) is 113 Å². The van der Waals surface area contributed by atoms with Gasteiger partial charge in [0.2, 0.25) is 5.91 Å². The lowest BCUT2D eigenvalue weighted by molar-refractivity contribution is -0.387. The lowest BCUT2D eigenvalue weighted by atomic mass is 10.2. The van der Waals surface area contributed by atoms with Crippen LogP contribution in [0.1, 0.15) is 15.9 Å². The fourth-order valence-electron chi connectivity index (χ4n) is 1.94. The van der Waals surface area contributed by atoms with Gasteiger partial charge in [0.15, 0.2) is 0 Å². The van der Waals surface area contributed by atoms with Crippen molar-refractivity contribution in [1.29, 1.82) is 0 Å². The monoisotopic (exact) mass is 398 g/mol. The Morgan fingerprint density at radius 2 is 2.04 bits per heavy atom. The third-order valence-electron chi connectivity index (χ3n) is 3.22. The van der Waals surface area contributed by atoms with Crippen molar-refractivity contribution in [3.05, 3.63) is 68.5 Å². The van der Waals surface area contributed by atoms with Crippen LogP contribution in [0, 0.1) is 15.9 Å². The Hall–Kier alpha value is -2.65. The zero-order chi connectivity index (χ0) is 19.3. The Morgan fingerprint density at radius 1 is 1.31 bits per heavy atom. The molecule has 0 fully saturated rings. The van der Waals surface area contributed by atoms with E-state index in [9.17, 15) is 24.1 Å². The van der Waals surface area contributed by atoms with Crippen LogP contribution in [0.2, 0.25) is 5.02 Å². The summed E-state index contributed by atoms with van der Waals surface area (Å²) in [5.41, 5.74) is 4.77. The van der Waals surface area contributed by atoms with Gasteiger partial charge in [-0.1, -0.05) is 17.7 Å². The maximum Gasteiger partial charge on any atom is 0.316 e. The summed E-state index contributed by atoms with van der Waals surface area (Å²) in [6.07, 6.45) is 0. The number of nitrogens with zero attached hydrogens (tertiary/aromatic N) is 1. The molecule has 0 radical (unpaired) electrons. The third-order valence-corrected chi connectivity index (χ3v) is 4.62. The number of benzene rings is 2. The first-order valence-electron chi connectivity index (χ1n) is 7.09. The molecule has 2 aromatic carbocycles. The van der Waals surface area contributed by atoms with E-state index in [4.69, 9.17) is 22.1 Å². The summed E-state index contributed by atoms with van der Waals surface area (Å²) in [4.78, 5) is 33.5. The van der Waals surface area contributed by atoms with Crippen LogP contribution in [-0.2, 0) is 16.1 Å². The quantitative estimate of drug-likeness (QED) is 0.331. The number of nitro groups is 1. The minimum absolute atomic E-state index is 0.0159. The van der Waals surface area contributed by atoms with Crippen LogP contribution in [0.25, 0.3) is 0 Å². The Bertz CT molecular complexity index is 857. The summed E-state index contributed by atoms with van der Waals surface area (Å²) in [6.45, 7) is -0.354. The van der Waals surface area contributed by atoms with Gasteiger partial charge in [-0.3, -0.25) is 19.7 Å². The SMILES string of the molecule is NC(=O)c1ccc(SCC(=O)OCc2c(F)cccc2Cl)c([N+](=O)[O-])c1. The van der Waals surface area contributed by atoms with Gasteiger partial charge in [0.25, 0.3) is 5.69 Å². The fraction of sp³-hybridized carbons (Fsp3) is 0.125. The van der Waals surface area contributed by atoms with Gasteiger partial charge in [0, 0.05) is 17.2 Å². The molecule has 26 heavy (non-hydrogen) atoms. The highest BCUT2D eigenvalue weighted by Gasteiger charge is 2.18. The fourth-order valence-corrected chi connectivity index (χ4v) is 2.96. The lowest BCUT2D eigenvalue weighted by Gasteiger charge is -2.08. The molecular weight excluding hydrogens is 387 g/mol. The summed E-state index contributed by atoms with van der Waals surface area (Å²) in [7, 11) is 0. The van der Waals surface area contributed by atoms with Crippen molar-refractivity contribution in [1.82, 2.24) is 0 Å². The zero-order valence-electron chi connectivity index (χ0n) is 13.1. The number of hydrogen-bond donors (Lipinski definition) is 1. The molecule has 0 atom stereocenters. The van der Waals surface area contributed by atoms with Gasteiger partial charge in [-0.2, -0.15) is 0 Å². The van der Waals surface area contributed by atoms with Crippen molar-refractivity contribution in [2.24, 2.45) is 5.73 Å². The average molecular weight is 399 g/mol. The highest BCUT2D eigenvalue weighted by molar-refractivity contribution is 8.00. The predicted molar refractivity (Wildman–Crippen MR) is 93.5 cm³/mol. The number of thioether (sulfide) groups is 1. The Morgan fingerprint density at radius 3 is 2.65 bits per heavy atom. The number of carbonyl (C=O) groups is 2. The number of carbonyl (C=O) groups excluding carboxylic acids is 2. The molecule has 0 aliphatic rings. The first-order chi connectivity index (χ1) is 12.3. The largest absolute Gasteiger partial charge is 0.460 e. The van der Waals surface area contributed by atoms with E-state index in [1.165, 1.54) is 30.3 Å². The van der Waals surface area contributed by atoms with Gasteiger partial charge in [0.05, 0.1) is 20.6 Å². The van der Waals surface area contributed by atoms with Gasteiger partial charge in [-0.25, -0.2) is 4.39 Å². The second kappa shape index (κ2) is 8.63. The van der Waals surface area contributed by atoms with Crippen LogP contribution in [0.4, 0.5) is 10.1 Å². The van der Waals surface area contributed by atoms with Crippen molar-refractivity contribution in [2.75, 3.05) is 5.75 Å². The number of halogens is 2. The maximum atomic E-state index is 13.6. The highest BCUT2D eigenvalue weighted by Crippen LogP contribution is 2.30. The number of nitro benzene ring substituents is 1. The number of ether oxygens (including phenoxy) is 1. The smallest absolute Gasteiger partial charge is 0.316 e. The van der Waals surface area contributed by atoms with E-state index in [0.717, 1.165) is 17.8 Å². The maximum absolute atomic E-state index is 13.6. The van der Waals surface area contributed by atoms with Crippen molar-refractivity contribution in [2.45, 2.75) is 11.5 Å².